The van der Waals surface area contributed by atoms with Gasteiger partial charge in [-0.15, -0.1) is 0 Å². The van der Waals surface area contributed by atoms with Gasteiger partial charge in [0.05, 0.1) is 17.6 Å². The molecular weight excluding hydrogens is 332 g/mol. The summed E-state index contributed by atoms with van der Waals surface area (Å²) in [4.78, 5) is 12.0. The lowest BCUT2D eigenvalue weighted by molar-refractivity contribution is 0.229. The van der Waals surface area contributed by atoms with E-state index in [1.54, 1.807) is 7.11 Å². The average molecular weight is 355 g/mol. The molecule has 0 aliphatic heterocycles. The molecule has 1 atom stereocenters. The summed E-state index contributed by atoms with van der Waals surface area (Å²) in [6.07, 6.45) is 5.90. The Morgan fingerprint density at radius 2 is 2.05 bits per heavy atom. The van der Waals surface area contributed by atoms with Gasteiger partial charge in [0.25, 0.3) is 0 Å². The molecule has 0 saturated heterocycles. The molecule has 2 rings (SSSR count). The van der Waals surface area contributed by atoms with Crippen LogP contribution >= 0.6 is 15.9 Å². The second kappa shape index (κ2) is 7.69. The van der Waals surface area contributed by atoms with Gasteiger partial charge in [0.15, 0.2) is 0 Å². The van der Waals surface area contributed by atoms with Gasteiger partial charge in [-0.05, 0) is 53.4 Å². The summed E-state index contributed by atoms with van der Waals surface area (Å²) in [7, 11) is 1.64. The molecule has 1 aromatic rings. The predicted octanol–water partition coefficient (Wildman–Crippen LogP) is 4.15. The van der Waals surface area contributed by atoms with Gasteiger partial charge in [0.2, 0.25) is 0 Å². The Balaban J connectivity index is 1.89. The van der Waals surface area contributed by atoms with E-state index >= 15 is 0 Å². The molecule has 4 nitrogen and oxygen atoms in total. The number of nitrogens with one attached hydrogen (secondary N) is 2. The number of carbonyl (C=O) groups is 1. The Morgan fingerprint density at radius 1 is 1.33 bits per heavy atom. The van der Waals surface area contributed by atoms with Crippen molar-refractivity contribution in [3.8, 4) is 5.75 Å². The van der Waals surface area contributed by atoms with E-state index < -0.39 is 0 Å². The summed E-state index contributed by atoms with van der Waals surface area (Å²) in [5.74, 6) is 0.789. The second-order valence-electron chi connectivity index (χ2n) is 5.57. The van der Waals surface area contributed by atoms with Crippen molar-refractivity contribution < 1.29 is 9.53 Å². The molecule has 0 radical (unpaired) electrons. The molecule has 0 heterocycles. The molecule has 5 heteroatoms. The van der Waals surface area contributed by atoms with Gasteiger partial charge < -0.3 is 15.4 Å². The van der Waals surface area contributed by atoms with Crippen molar-refractivity contribution in [3.05, 3.63) is 28.2 Å². The molecule has 1 fully saturated rings. The molecule has 0 spiro atoms. The van der Waals surface area contributed by atoms with Crippen LogP contribution in [0.2, 0.25) is 0 Å². The molecule has 0 aromatic heterocycles. The number of amides is 2. The number of rotatable bonds is 4. The van der Waals surface area contributed by atoms with Crippen LogP contribution in [0.25, 0.3) is 0 Å². The Kier molecular flexibility index (Phi) is 5.91. The monoisotopic (exact) mass is 354 g/mol. The van der Waals surface area contributed by atoms with Crippen molar-refractivity contribution in [2.75, 3.05) is 7.11 Å². The fourth-order valence-electron chi connectivity index (χ4n) is 2.71. The van der Waals surface area contributed by atoms with E-state index in [0.29, 0.717) is 6.04 Å². The van der Waals surface area contributed by atoms with Gasteiger partial charge in [0.1, 0.15) is 5.75 Å². The largest absolute Gasteiger partial charge is 0.496 e. The lowest BCUT2D eigenvalue weighted by Crippen LogP contribution is -2.43. The van der Waals surface area contributed by atoms with Crippen molar-refractivity contribution in [1.82, 2.24) is 10.6 Å². The van der Waals surface area contributed by atoms with E-state index in [9.17, 15) is 4.79 Å². The third-order valence-electron chi connectivity index (χ3n) is 3.96. The van der Waals surface area contributed by atoms with Gasteiger partial charge in [0, 0.05) is 6.04 Å². The number of halogens is 1. The Bertz CT molecular complexity index is 487. The maximum Gasteiger partial charge on any atom is 0.315 e. The highest BCUT2D eigenvalue weighted by Crippen LogP contribution is 2.28. The topological polar surface area (TPSA) is 50.4 Å². The van der Waals surface area contributed by atoms with Crippen LogP contribution in [0.4, 0.5) is 4.79 Å². The van der Waals surface area contributed by atoms with Crippen LogP contribution in [0.15, 0.2) is 22.7 Å². The summed E-state index contributed by atoms with van der Waals surface area (Å²) in [5.41, 5.74) is 1.04. The average Bonchev–Trinajstić information content (AvgIpc) is 2.48. The van der Waals surface area contributed by atoms with E-state index in [1.807, 2.05) is 25.1 Å². The molecule has 0 bridgehead atoms. The molecule has 1 aliphatic rings. The number of hydrogen-bond acceptors (Lipinski definition) is 2. The van der Waals surface area contributed by atoms with E-state index in [2.05, 4.69) is 26.6 Å². The van der Waals surface area contributed by atoms with Gasteiger partial charge >= 0.3 is 6.03 Å². The zero-order valence-corrected chi connectivity index (χ0v) is 14.2. The molecule has 0 unspecified atom stereocenters. The van der Waals surface area contributed by atoms with E-state index in [0.717, 1.165) is 28.6 Å². The minimum atomic E-state index is -0.0821. The van der Waals surface area contributed by atoms with Crippen molar-refractivity contribution in [2.24, 2.45) is 0 Å². The van der Waals surface area contributed by atoms with Crippen LogP contribution in [0.5, 0.6) is 5.75 Å². The highest BCUT2D eigenvalue weighted by atomic mass is 79.9. The van der Waals surface area contributed by atoms with Crippen molar-refractivity contribution in [2.45, 2.75) is 51.1 Å². The van der Waals surface area contributed by atoms with Gasteiger partial charge in [-0.2, -0.15) is 0 Å². The predicted molar refractivity (Wildman–Crippen MR) is 87.6 cm³/mol. The summed E-state index contributed by atoms with van der Waals surface area (Å²) >= 11 is 3.47. The quantitative estimate of drug-likeness (QED) is 0.853. The number of methoxy groups -OCH3 is 1. The molecule has 116 valence electrons. The summed E-state index contributed by atoms with van der Waals surface area (Å²) < 4.78 is 6.11. The number of benzene rings is 1. The van der Waals surface area contributed by atoms with Crippen molar-refractivity contribution in [3.63, 3.8) is 0 Å². The summed E-state index contributed by atoms with van der Waals surface area (Å²) in [6, 6.07) is 6.04. The van der Waals surface area contributed by atoms with Crippen LogP contribution < -0.4 is 15.4 Å². The van der Waals surface area contributed by atoms with Crippen LogP contribution in [0.1, 0.15) is 50.6 Å². The molecule has 1 saturated carbocycles. The minimum absolute atomic E-state index is 0.0456. The zero-order chi connectivity index (χ0) is 15.2. The first-order valence-corrected chi connectivity index (χ1v) is 8.30. The first kappa shape index (κ1) is 16.1. The maximum atomic E-state index is 12.0. The van der Waals surface area contributed by atoms with Crippen LogP contribution in [0, 0.1) is 0 Å². The van der Waals surface area contributed by atoms with Crippen LogP contribution in [0.3, 0.4) is 0 Å². The molecule has 2 N–H and O–H groups in total. The fourth-order valence-corrected chi connectivity index (χ4v) is 3.26. The molecule has 1 aliphatic carbocycles. The first-order chi connectivity index (χ1) is 10.1. The molecular formula is C16H23BrN2O2. The number of urea groups is 1. The second-order valence-corrected chi connectivity index (χ2v) is 6.42. The third kappa shape index (κ3) is 4.63. The smallest absolute Gasteiger partial charge is 0.315 e. The highest BCUT2D eigenvalue weighted by molar-refractivity contribution is 9.10. The lowest BCUT2D eigenvalue weighted by Gasteiger charge is -2.24. The molecule has 2 amide bonds. The SMILES string of the molecule is COc1ccc([C@@H](C)NC(=O)NC2CCCCC2)cc1Br. The maximum absolute atomic E-state index is 12.0. The minimum Gasteiger partial charge on any atom is -0.496 e. The zero-order valence-electron chi connectivity index (χ0n) is 12.6. The van der Waals surface area contributed by atoms with Crippen LogP contribution in [-0.2, 0) is 0 Å². The van der Waals surface area contributed by atoms with Crippen molar-refractivity contribution in [1.29, 1.82) is 0 Å². The van der Waals surface area contributed by atoms with Gasteiger partial charge in [-0.1, -0.05) is 25.3 Å². The number of ether oxygens (including phenoxy) is 1. The Morgan fingerprint density at radius 3 is 2.67 bits per heavy atom. The Hall–Kier alpha value is -1.23. The first-order valence-electron chi connectivity index (χ1n) is 7.50. The lowest BCUT2D eigenvalue weighted by atomic mass is 9.96. The normalized spacial score (nSPS) is 17.1. The molecule has 21 heavy (non-hydrogen) atoms. The Labute approximate surface area is 134 Å². The van der Waals surface area contributed by atoms with Crippen LogP contribution in [-0.4, -0.2) is 19.2 Å². The summed E-state index contributed by atoms with van der Waals surface area (Å²) in [5, 5.41) is 6.07. The third-order valence-corrected chi connectivity index (χ3v) is 4.58. The summed E-state index contributed by atoms with van der Waals surface area (Å²) in [6.45, 7) is 1.98. The standard InChI is InChI=1S/C16H23BrN2O2/c1-11(12-8-9-15(21-2)14(17)10-12)18-16(20)19-13-6-4-3-5-7-13/h8-11,13H,3-7H2,1-2H3,(H2,18,19,20)/t11-/m1/s1. The van der Waals surface area contributed by atoms with E-state index in [-0.39, 0.29) is 12.1 Å². The molecule has 1 aromatic carbocycles. The highest BCUT2D eigenvalue weighted by Gasteiger charge is 2.17. The number of carbonyl (C=O) groups excluding carboxylic acids is 1. The van der Waals surface area contributed by atoms with Gasteiger partial charge in [-0.25, -0.2) is 4.79 Å². The van der Waals surface area contributed by atoms with E-state index in [1.165, 1.54) is 19.3 Å². The fraction of sp³-hybridized carbons (Fsp3) is 0.562. The van der Waals surface area contributed by atoms with E-state index in [4.69, 9.17) is 4.74 Å². The van der Waals surface area contributed by atoms with Gasteiger partial charge in [-0.3, -0.25) is 0 Å². The van der Waals surface area contributed by atoms with Crippen molar-refractivity contribution >= 4 is 22.0 Å². The number of hydrogen-bond donors (Lipinski definition) is 2.